The molecule has 2 N–H and O–H groups in total. The first-order chi connectivity index (χ1) is 11.7. The Morgan fingerprint density at radius 1 is 1.08 bits per heavy atom. The highest BCUT2D eigenvalue weighted by Gasteiger charge is 2.17. The van der Waals surface area contributed by atoms with E-state index in [2.05, 4.69) is 19.9 Å². The third-order valence-electron chi connectivity index (χ3n) is 4.20. The summed E-state index contributed by atoms with van der Waals surface area (Å²) in [5.41, 5.74) is 7.10. The van der Waals surface area contributed by atoms with Gasteiger partial charge in [-0.15, -0.1) is 0 Å². The second-order valence-corrected chi connectivity index (χ2v) is 5.88. The van der Waals surface area contributed by atoms with Crippen molar-refractivity contribution in [3.05, 3.63) is 40.6 Å². The van der Waals surface area contributed by atoms with Gasteiger partial charge in [-0.2, -0.15) is 15.0 Å². The van der Waals surface area contributed by atoms with E-state index in [0.717, 1.165) is 25.9 Å². The number of piperidine rings is 1. The summed E-state index contributed by atoms with van der Waals surface area (Å²) in [6.07, 6.45) is 3.46. The van der Waals surface area contributed by atoms with Crippen LogP contribution in [0.4, 0.5) is 11.9 Å². The first kappa shape index (κ1) is 14.7. The lowest BCUT2D eigenvalue weighted by atomic mass is 10.1. The van der Waals surface area contributed by atoms with Crippen molar-refractivity contribution in [1.82, 2.24) is 19.5 Å². The fraction of sp³-hybridized carbons (Fsp3) is 0.375. The molecule has 8 nitrogen and oxygen atoms in total. The highest BCUT2D eigenvalue weighted by atomic mass is 16.4. The van der Waals surface area contributed by atoms with Crippen LogP contribution in [-0.4, -0.2) is 32.6 Å². The maximum Gasteiger partial charge on any atom is 0.420 e. The second-order valence-electron chi connectivity index (χ2n) is 5.88. The molecule has 0 radical (unpaired) electrons. The zero-order chi connectivity index (χ0) is 16.5. The molecule has 0 unspecified atom stereocenters. The summed E-state index contributed by atoms with van der Waals surface area (Å²) < 4.78 is 6.75. The molecule has 124 valence electrons. The van der Waals surface area contributed by atoms with E-state index in [0.29, 0.717) is 22.9 Å². The van der Waals surface area contributed by atoms with E-state index < -0.39 is 5.76 Å². The minimum absolute atomic E-state index is 0.168. The van der Waals surface area contributed by atoms with Gasteiger partial charge in [-0.25, -0.2) is 4.79 Å². The average Bonchev–Trinajstić information content (AvgIpc) is 2.91. The van der Waals surface area contributed by atoms with Crippen LogP contribution in [0.1, 0.15) is 25.1 Å². The third-order valence-corrected chi connectivity index (χ3v) is 4.20. The quantitative estimate of drug-likeness (QED) is 0.776. The van der Waals surface area contributed by atoms with Crippen molar-refractivity contribution in [3.63, 3.8) is 0 Å². The van der Waals surface area contributed by atoms with Gasteiger partial charge in [-0.05, 0) is 31.4 Å². The van der Waals surface area contributed by atoms with Gasteiger partial charge in [0.05, 0.1) is 12.1 Å². The van der Waals surface area contributed by atoms with Gasteiger partial charge in [0.15, 0.2) is 11.4 Å². The van der Waals surface area contributed by atoms with Gasteiger partial charge < -0.3 is 15.1 Å². The molecule has 1 fully saturated rings. The lowest BCUT2D eigenvalue weighted by Gasteiger charge is -2.26. The van der Waals surface area contributed by atoms with E-state index in [1.165, 1.54) is 11.0 Å². The van der Waals surface area contributed by atoms with E-state index in [4.69, 9.17) is 10.2 Å². The van der Waals surface area contributed by atoms with Gasteiger partial charge in [-0.3, -0.25) is 4.57 Å². The molecule has 1 saturated heterocycles. The van der Waals surface area contributed by atoms with Gasteiger partial charge in [0.1, 0.15) is 0 Å². The van der Waals surface area contributed by atoms with Gasteiger partial charge in [0.25, 0.3) is 0 Å². The van der Waals surface area contributed by atoms with Crippen LogP contribution in [0, 0.1) is 0 Å². The summed E-state index contributed by atoms with van der Waals surface area (Å²) in [5, 5.41) is 0. The summed E-state index contributed by atoms with van der Waals surface area (Å²) in [4.78, 5) is 27.1. The third kappa shape index (κ3) is 2.70. The molecule has 1 aliphatic heterocycles. The van der Waals surface area contributed by atoms with Crippen LogP contribution in [0.5, 0.6) is 0 Å². The van der Waals surface area contributed by atoms with Crippen molar-refractivity contribution in [3.8, 4) is 0 Å². The Bertz CT molecular complexity index is 926. The molecular weight excluding hydrogens is 308 g/mol. The standard InChI is InChI=1S/C16H18N6O2/c17-14-18-13(19-15(20-14)21-8-4-1-5-9-21)10-22-11-6-2-3-7-12(11)24-16(22)23/h2-3,6-7H,1,4-5,8-10H2,(H2,17,18,19,20). The highest BCUT2D eigenvalue weighted by molar-refractivity contribution is 5.72. The van der Waals surface area contributed by atoms with Crippen molar-refractivity contribution in [2.45, 2.75) is 25.8 Å². The minimum atomic E-state index is -0.435. The van der Waals surface area contributed by atoms with Crippen LogP contribution in [0.2, 0.25) is 0 Å². The molecule has 4 rings (SSSR count). The number of hydrogen-bond acceptors (Lipinski definition) is 7. The number of benzene rings is 1. The van der Waals surface area contributed by atoms with Gasteiger partial charge in [0.2, 0.25) is 11.9 Å². The van der Waals surface area contributed by atoms with E-state index in [-0.39, 0.29) is 12.5 Å². The average molecular weight is 326 g/mol. The molecule has 0 amide bonds. The number of anilines is 2. The molecule has 0 aliphatic carbocycles. The van der Waals surface area contributed by atoms with E-state index in [1.807, 2.05) is 18.2 Å². The van der Waals surface area contributed by atoms with Crippen LogP contribution >= 0.6 is 0 Å². The lowest BCUT2D eigenvalue weighted by molar-refractivity contribution is 0.513. The molecule has 24 heavy (non-hydrogen) atoms. The zero-order valence-corrected chi connectivity index (χ0v) is 13.2. The molecule has 3 aromatic rings. The monoisotopic (exact) mass is 326 g/mol. The number of nitrogens with zero attached hydrogens (tertiary/aromatic N) is 5. The number of hydrogen-bond donors (Lipinski definition) is 1. The Morgan fingerprint density at radius 2 is 1.88 bits per heavy atom. The molecule has 1 aromatic carbocycles. The Hall–Kier alpha value is -2.90. The van der Waals surface area contributed by atoms with Crippen LogP contribution < -0.4 is 16.4 Å². The van der Waals surface area contributed by atoms with Crippen molar-refractivity contribution in [2.75, 3.05) is 23.7 Å². The Kier molecular flexibility index (Phi) is 3.64. The number of oxazole rings is 1. The Labute approximate surface area is 137 Å². The molecule has 3 heterocycles. The number of nitrogens with two attached hydrogens (primary N) is 1. The van der Waals surface area contributed by atoms with Gasteiger partial charge >= 0.3 is 5.76 Å². The predicted octanol–water partition coefficient (Wildman–Crippen LogP) is 1.40. The largest absolute Gasteiger partial charge is 0.420 e. The highest BCUT2D eigenvalue weighted by Crippen LogP contribution is 2.17. The van der Waals surface area contributed by atoms with Gasteiger partial charge in [-0.1, -0.05) is 12.1 Å². The number of nitrogen functional groups attached to an aromatic ring is 1. The number of rotatable bonds is 3. The van der Waals surface area contributed by atoms with Crippen molar-refractivity contribution in [1.29, 1.82) is 0 Å². The Morgan fingerprint density at radius 3 is 2.71 bits per heavy atom. The van der Waals surface area contributed by atoms with Crippen molar-refractivity contribution < 1.29 is 4.42 Å². The first-order valence-electron chi connectivity index (χ1n) is 8.04. The summed E-state index contributed by atoms with van der Waals surface area (Å²) >= 11 is 0. The van der Waals surface area contributed by atoms with Crippen LogP contribution in [-0.2, 0) is 6.54 Å². The van der Waals surface area contributed by atoms with Crippen LogP contribution in [0.25, 0.3) is 11.1 Å². The number of fused-ring (bicyclic) bond motifs is 1. The topological polar surface area (TPSA) is 103 Å². The first-order valence-corrected chi connectivity index (χ1v) is 8.04. The van der Waals surface area contributed by atoms with E-state index >= 15 is 0 Å². The SMILES string of the molecule is Nc1nc(Cn2c(=O)oc3ccccc32)nc(N2CCCCC2)n1. The minimum Gasteiger partial charge on any atom is -0.408 e. The smallest absolute Gasteiger partial charge is 0.408 e. The molecular formula is C16H18N6O2. The lowest BCUT2D eigenvalue weighted by Crippen LogP contribution is -2.32. The fourth-order valence-electron chi connectivity index (χ4n) is 3.04. The number of aromatic nitrogens is 4. The molecule has 0 atom stereocenters. The van der Waals surface area contributed by atoms with Crippen molar-refractivity contribution >= 4 is 23.0 Å². The molecule has 2 aromatic heterocycles. The second kappa shape index (κ2) is 5.95. The predicted molar refractivity (Wildman–Crippen MR) is 89.9 cm³/mol. The maximum absolute atomic E-state index is 12.1. The normalized spacial score (nSPS) is 15.1. The van der Waals surface area contributed by atoms with E-state index in [9.17, 15) is 4.79 Å². The molecule has 0 spiro atoms. The summed E-state index contributed by atoms with van der Waals surface area (Å²) in [6, 6.07) is 7.27. The fourth-order valence-corrected chi connectivity index (χ4v) is 3.04. The Balaban J connectivity index is 1.70. The molecule has 8 heteroatoms. The summed E-state index contributed by atoms with van der Waals surface area (Å²) in [7, 11) is 0. The molecule has 0 bridgehead atoms. The summed E-state index contributed by atoms with van der Waals surface area (Å²) in [6.45, 7) is 2.03. The molecule has 1 aliphatic rings. The zero-order valence-electron chi connectivity index (χ0n) is 13.2. The van der Waals surface area contributed by atoms with Crippen LogP contribution in [0.3, 0.4) is 0 Å². The van der Waals surface area contributed by atoms with E-state index in [1.54, 1.807) is 6.07 Å². The van der Waals surface area contributed by atoms with Crippen LogP contribution in [0.15, 0.2) is 33.5 Å². The van der Waals surface area contributed by atoms with Gasteiger partial charge in [0, 0.05) is 13.1 Å². The number of para-hydroxylation sites is 2. The summed E-state index contributed by atoms with van der Waals surface area (Å²) in [5.74, 6) is 0.769. The maximum atomic E-state index is 12.1. The molecule has 0 saturated carbocycles. The van der Waals surface area contributed by atoms with Crippen molar-refractivity contribution in [2.24, 2.45) is 0 Å².